The highest BCUT2D eigenvalue weighted by Gasteiger charge is 2.26. The molecule has 0 radical (unpaired) electrons. The molecule has 2 heterocycles. The number of likely N-dealkylation sites (N-methyl/N-ethyl adjacent to an activating group) is 1. The molecule has 31 heavy (non-hydrogen) atoms. The van der Waals surface area contributed by atoms with Crippen LogP contribution in [0.3, 0.4) is 0 Å². The molecule has 0 spiro atoms. The molecule has 0 N–H and O–H groups in total. The minimum Gasteiger partial charge on any atom is -0.341 e. The standard InChI is InChI=1S/C24H36N4O2S/c1-4-27(5-2)15-20-25-23-22(18-13-9-10-14-19(18)31-23)24(30)28(20)16-21(29)26(3)17-11-7-6-8-12-17/h17H,4-16H2,1-3H3. The molecule has 0 aliphatic heterocycles. The van der Waals surface area contributed by atoms with E-state index in [0.29, 0.717) is 12.6 Å². The van der Waals surface area contributed by atoms with E-state index in [1.165, 1.54) is 36.1 Å². The average Bonchev–Trinajstić information content (AvgIpc) is 3.18. The van der Waals surface area contributed by atoms with Gasteiger partial charge in [0.2, 0.25) is 5.91 Å². The average molecular weight is 445 g/mol. The van der Waals surface area contributed by atoms with Crippen molar-refractivity contribution in [2.24, 2.45) is 0 Å². The van der Waals surface area contributed by atoms with Crippen molar-refractivity contribution in [3.8, 4) is 0 Å². The first kappa shape index (κ1) is 22.5. The maximum atomic E-state index is 13.7. The highest BCUT2D eigenvalue weighted by molar-refractivity contribution is 7.18. The van der Waals surface area contributed by atoms with Gasteiger partial charge in [-0.05, 0) is 57.2 Å². The first-order valence-electron chi connectivity index (χ1n) is 12.0. The molecule has 4 rings (SSSR count). The van der Waals surface area contributed by atoms with E-state index >= 15 is 0 Å². The minimum absolute atomic E-state index is 0.0167. The van der Waals surface area contributed by atoms with Gasteiger partial charge < -0.3 is 4.90 Å². The lowest BCUT2D eigenvalue weighted by Crippen LogP contribution is -2.42. The normalized spacial score (nSPS) is 17.3. The number of hydrogen-bond donors (Lipinski definition) is 0. The van der Waals surface area contributed by atoms with Crippen LogP contribution in [0.2, 0.25) is 0 Å². The summed E-state index contributed by atoms with van der Waals surface area (Å²) in [5.74, 6) is 0.755. The first-order chi connectivity index (χ1) is 15.0. The highest BCUT2D eigenvalue weighted by Crippen LogP contribution is 2.34. The molecule has 2 aliphatic carbocycles. The molecule has 0 aromatic carbocycles. The topological polar surface area (TPSA) is 58.4 Å². The van der Waals surface area contributed by atoms with Gasteiger partial charge >= 0.3 is 0 Å². The Balaban J connectivity index is 1.72. The SMILES string of the molecule is CCN(CC)Cc1nc2sc3c(c2c(=O)n1CC(=O)N(C)C1CCCCC1)CCCC3. The summed E-state index contributed by atoms with van der Waals surface area (Å²) < 4.78 is 1.68. The lowest BCUT2D eigenvalue weighted by Gasteiger charge is -2.31. The largest absolute Gasteiger partial charge is 0.341 e. The molecule has 170 valence electrons. The van der Waals surface area contributed by atoms with Gasteiger partial charge in [-0.3, -0.25) is 19.1 Å². The zero-order chi connectivity index (χ0) is 22.0. The van der Waals surface area contributed by atoms with Crippen molar-refractivity contribution < 1.29 is 4.79 Å². The van der Waals surface area contributed by atoms with Gasteiger partial charge in [0.05, 0.1) is 11.9 Å². The maximum Gasteiger partial charge on any atom is 0.263 e. The molecular formula is C24H36N4O2S. The van der Waals surface area contributed by atoms with Gasteiger partial charge in [0.15, 0.2) is 0 Å². The fraction of sp³-hybridized carbons (Fsp3) is 0.708. The summed E-state index contributed by atoms with van der Waals surface area (Å²) in [6.07, 6.45) is 10.1. The third-order valence-corrected chi connectivity index (χ3v) is 8.41. The van der Waals surface area contributed by atoms with Crippen molar-refractivity contribution in [3.63, 3.8) is 0 Å². The Labute approximate surface area is 189 Å². The minimum atomic E-state index is -0.0167. The number of fused-ring (bicyclic) bond motifs is 3. The van der Waals surface area contributed by atoms with Crippen LogP contribution < -0.4 is 5.56 Å². The van der Waals surface area contributed by atoms with E-state index in [-0.39, 0.29) is 18.0 Å². The highest BCUT2D eigenvalue weighted by atomic mass is 32.1. The molecule has 0 bridgehead atoms. The fourth-order valence-electron chi connectivity index (χ4n) is 5.13. The lowest BCUT2D eigenvalue weighted by molar-refractivity contribution is -0.133. The van der Waals surface area contributed by atoms with Gasteiger partial charge in [0.25, 0.3) is 5.56 Å². The number of amides is 1. The van der Waals surface area contributed by atoms with Crippen molar-refractivity contribution in [2.75, 3.05) is 20.1 Å². The summed E-state index contributed by atoms with van der Waals surface area (Å²) >= 11 is 1.69. The van der Waals surface area contributed by atoms with Crippen molar-refractivity contribution >= 4 is 27.5 Å². The smallest absolute Gasteiger partial charge is 0.263 e. The van der Waals surface area contributed by atoms with Crippen LogP contribution >= 0.6 is 11.3 Å². The quantitative estimate of drug-likeness (QED) is 0.648. The lowest BCUT2D eigenvalue weighted by atomic mass is 9.94. The summed E-state index contributed by atoms with van der Waals surface area (Å²) in [6.45, 7) is 6.71. The van der Waals surface area contributed by atoms with Crippen molar-refractivity contribution in [2.45, 2.75) is 90.8 Å². The first-order valence-corrected chi connectivity index (χ1v) is 12.9. The predicted molar refractivity (Wildman–Crippen MR) is 127 cm³/mol. The number of carbonyl (C=O) groups excluding carboxylic acids is 1. The predicted octanol–water partition coefficient (Wildman–Crippen LogP) is 3.97. The van der Waals surface area contributed by atoms with Crippen molar-refractivity contribution in [1.29, 1.82) is 0 Å². The molecular weight excluding hydrogens is 408 g/mol. The number of carbonyl (C=O) groups is 1. The van der Waals surface area contributed by atoms with E-state index in [1.807, 2.05) is 11.9 Å². The van der Waals surface area contributed by atoms with Crippen LogP contribution in [0.25, 0.3) is 10.2 Å². The van der Waals surface area contributed by atoms with Crippen LogP contribution in [0, 0.1) is 0 Å². The Morgan fingerprint density at radius 3 is 2.52 bits per heavy atom. The van der Waals surface area contributed by atoms with Gasteiger partial charge in [-0.15, -0.1) is 11.3 Å². The summed E-state index contributed by atoms with van der Waals surface area (Å²) in [4.78, 5) is 38.2. The Bertz CT molecular complexity index is 986. The zero-order valence-corrected chi connectivity index (χ0v) is 20.1. The summed E-state index contributed by atoms with van der Waals surface area (Å²) in [6, 6.07) is 0.300. The molecule has 1 amide bonds. The molecule has 1 fully saturated rings. The van der Waals surface area contributed by atoms with Gasteiger partial charge in [0.1, 0.15) is 17.2 Å². The number of aromatic nitrogens is 2. The third-order valence-electron chi connectivity index (χ3n) is 7.22. The molecule has 0 unspecified atom stereocenters. The van der Waals surface area contributed by atoms with E-state index in [0.717, 1.165) is 61.2 Å². The molecule has 0 saturated heterocycles. The van der Waals surface area contributed by atoms with E-state index in [1.54, 1.807) is 15.9 Å². The molecule has 1 saturated carbocycles. The Hall–Kier alpha value is -1.73. The van der Waals surface area contributed by atoms with E-state index in [4.69, 9.17) is 4.98 Å². The third kappa shape index (κ3) is 4.58. The van der Waals surface area contributed by atoms with Gasteiger partial charge in [-0.2, -0.15) is 0 Å². The second kappa shape index (κ2) is 9.82. The van der Waals surface area contributed by atoms with Crippen LogP contribution in [0.1, 0.15) is 75.1 Å². The monoisotopic (exact) mass is 444 g/mol. The van der Waals surface area contributed by atoms with Crippen LogP contribution in [0.15, 0.2) is 4.79 Å². The molecule has 2 aromatic rings. The van der Waals surface area contributed by atoms with Crippen molar-refractivity contribution in [3.05, 3.63) is 26.6 Å². The number of nitrogens with zero attached hydrogens (tertiary/aromatic N) is 4. The Morgan fingerprint density at radius 1 is 1.10 bits per heavy atom. The Kier molecular flexibility index (Phi) is 7.12. The number of rotatable bonds is 7. The van der Waals surface area contributed by atoms with Crippen molar-refractivity contribution in [1.82, 2.24) is 19.4 Å². The number of hydrogen-bond acceptors (Lipinski definition) is 5. The summed E-state index contributed by atoms with van der Waals surface area (Å²) in [5.41, 5.74) is 1.18. The van der Waals surface area contributed by atoms with E-state index < -0.39 is 0 Å². The fourth-order valence-corrected chi connectivity index (χ4v) is 6.40. The van der Waals surface area contributed by atoms with Crippen LogP contribution in [0.5, 0.6) is 0 Å². The summed E-state index contributed by atoms with van der Waals surface area (Å²) in [7, 11) is 1.91. The van der Waals surface area contributed by atoms with E-state index in [2.05, 4.69) is 18.7 Å². The van der Waals surface area contributed by atoms with E-state index in [9.17, 15) is 9.59 Å². The molecule has 2 aliphatic rings. The van der Waals surface area contributed by atoms with Gasteiger partial charge in [0, 0.05) is 18.0 Å². The van der Waals surface area contributed by atoms with Gasteiger partial charge in [-0.25, -0.2) is 4.98 Å². The Morgan fingerprint density at radius 2 is 1.81 bits per heavy atom. The summed E-state index contributed by atoms with van der Waals surface area (Å²) in [5, 5.41) is 0.774. The molecule has 2 aromatic heterocycles. The second-order valence-corrected chi connectivity index (χ2v) is 10.2. The van der Waals surface area contributed by atoms with Crippen LogP contribution in [0.4, 0.5) is 0 Å². The second-order valence-electron chi connectivity index (χ2n) is 9.07. The van der Waals surface area contributed by atoms with Crippen LogP contribution in [-0.2, 0) is 30.7 Å². The van der Waals surface area contributed by atoms with Gasteiger partial charge in [-0.1, -0.05) is 33.1 Å². The molecule has 7 heteroatoms. The maximum absolute atomic E-state index is 13.7. The number of thiophene rings is 1. The zero-order valence-electron chi connectivity index (χ0n) is 19.3. The van der Waals surface area contributed by atoms with Crippen LogP contribution in [-0.4, -0.2) is 51.4 Å². The number of aryl methyl sites for hydroxylation is 2. The molecule has 6 nitrogen and oxygen atoms in total. The molecule has 0 atom stereocenters.